The van der Waals surface area contributed by atoms with Crippen LogP contribution in [0.15, 0.2) is 5.16 Å². The predicted octanol–water partition coefficient (Wildman–Crippen LogP) is 2.19. The molecule has 1 saturated carbocycles. The summed E-state index contributed by atoms with van der Waals surface area (Å²) in [5.74, 6) is 0.416. The first-order chi connectivity index (χ1) is 9.70. The highest BCUT2D eigenvalue weighted by Gasteiger charge is 2.20. The van der Waals surface area contributed by atoms with Gasteiger partial charge in [0.2, 0.25) is 11.1 Å². The van der Waals surface area contributed by atoms with E-state index in [0.717, 1.165) is 24.4 Å². The minimum Gasteiger partial charge on any atom is -0.353 e. The molecule has 1 aliphatic carbocycles. The Labute approximate surface area is 124 Å². The van der Waals surface area contributed by atoms with Crippen LogP contribution < -0.4 is 5.32 Å². The van der Waals surface area contributed by atoms with Gasteiger partial charge >= 0.3 is 0 Å². The van der Waals surface area contributed by atoms with Crippen molar-refractivity contribution in [2.45, 2.75) is 69.6 Å². The molecule has 1 fully saturated rings. The third-order valence-corrected chi connectivity index (χ3v) is 4.67. The minimum absolute atomic E-state index is 0.0440. The quantitative estimate of drug-likeness (QED) is 0.815. The van der Waals surface area contributed by atoms with E-state index in [4.69, 9.17) is 0 Å². The number of tetrazole rings is 1. The monoisotopic (exact) mass is 297 g/mol. The maximum atomic E-state index is 11.8. The van der Waals surface area contributed by atoms with Crippen molar-refractivity contribution in [2.24, 2.45) is 0 Å². The van der Waals surface area contributed by atoms with Crippen LogP contribution in [0.25, 0.3) is 0 Å². The second-order valence-corrected chi connectivity index (χ2v) is 6.31. The largest absolute Gasteiger partial charge is 0.353 e. The Balaban J connectivity index is 1.87. The van der Waals surface area contributed by atoms with Gasteiger partial charge in [-0.2, -0.15) is 0 Å². The van der Waals surface area contributed by atoms with Crippen LogP contribution in [-0.4, -0.2) is 37.9 Å². The zero-order chi connectivity index (χ0) is 14.4. The maximum absolute atomic E-state index is 11.8. The molecule has 0 radical (unpaired) electrons. The van der Waals surface area contributed by atoms with Crippen molar-refractivity contribution in [1.82, 2.24) is 25.5 Å². The van der Waals surface area contributed by atoms with Crippen molar-refractivity contribution in [3.63, 3.8) is 0 Å². The molecule has 0 aliphatic heterocycles. The molecule has 1 unspecified atom stereocenters. The Morgan fingerprint density at radius 2 is 2.20 bits per heavy atom. The summed E-state index contributed by atoms with van der Waals surface area (Å²) in [6, 6.07) is 0.622. The zero-order valence-corrected chi connectivity index (χ0v) is 13.0. The molecule has 1 aromatic rings. The van der Waals surface area contributed by atoms with Crippen LogP contribution >= 0.6 is 11.8 Å². The average Bonchev–Trinajstić information content (AvgIpc) is 2.94. The molecule has 0 bridgehead atoms. The number of hydrogen-bond donors (Lipinski definition) is 1. The Hall–Kier alpha value is -1.11. The van der Waals surface area contributed by atoms with Gasteiger partial charge in [-0.05, 0) is 36.6 Å². The van der Waals surface area contributed by atoms with Crippen LogP contribution in [0.4, 0.5) is 0 Å². The molecular formula is C13H23N5OS. The number of carbonyl (C=O) groups excluding carboxylic acids is 1. The summed E-state index contributed by atoms with van der Waals surface area (Å²) in [6.07, 6.45) is 7.00. The van der Waals surface area contributed by atoms with E-state index in [-0.39, 0.29) is 11.9 Å². The van der Waals surface area contributed by atoms with Crippen LogP contribution in [0, 0.1) is 0 Å². The summed E-state index contributed by atoms with van der Waals surface area (Å²) < 4.78 is 1.90. The van der Waals surface area contributed by atoms with Crippen LogP contribution in [0.1, 0.15) is 58.4 Å². The highest BCUT2D eigenvalue weighted by Crippen LogP contribution is 2.30. The van der Waals surface area contributed by atoms with E-state index in [1.165, 1.54) is 31.0 Å². The standard InChI is InChI=1S/C13H23N5OS/c1-3-10(2)14-12(19)9-20-13-15-16-17-18(13)11-7-5-4-6-8-11/h10-11H,3-9H2,1-2H3,(H,14,19). The number of carbonyl (C=O) groups is 1. The van der Waals surface area contributed by atoms with Crippen molar-refractivity contribution in [2.75, 3.05) is 5.75 Å². The van der Waals surface area contributed by atoms with Gasteiger partial charge in [0, 0.05) is 6.04 Å². The maximum Gasteiger partial charge on any atom is 0.230 e. The molecule has 7 heteroatoms. The Morgan fingerprint density at radius 3 is 2.90 bits per heavy atom. The minimum atomic E-state index is 0.0440. The number of aromatic nitrogens is 4. The molecule has 112 valence electrons. The van der Waals surface area contributed by atoms with Gasteiger partial charge in [0.1, 0.15) is 0 Å². The molecule has 2 rings (SSSR count). The fourth-order valence-corrected chi connectivity index (χ4v) is 3.14. The fourth-order valence-electron chi connectivity index (χ4n) is 2.38. The van der Waals surface area contributed by atoms with Crippen molar-refractivity contribution in [3.8, 4) is 0 Å². The van der Waals surface area contributed by atoms with E-state index in [1.54, 1.807) is 0 Å². The summed E-state index contributed by atoms with van der Waals surface area (Å²) in [5.41, 5.74) is 0. The molecule has 6 nitrogen and oxygen atoms in total. The Bertz CT molecular complexity index is 430. The number of nitrogens with one attached hydrogen (secondary N) is 1. The lowest BCUT2D eigenvalue weighted by atomic mass is 9.96. The average molecular weight is 297 g/mol. The van der Waals surface area contributed by atoms with E-state index in [1.807, 2.05) is 11.6 Å². The van der Waals surface area contributed by atoms with Crippen LogP contribution in [0.3, 0.4) is 0 Å². The highest BCUT2D eigenvalue weighted by atomic mass is 32.2. The highest BCUT2D eigenvalue weighted by molar-refractivity contribution is 7.99. The molecule has 1 amide bonds. The molecule has 0 aromatic carbocycles. The van der Waals surface area contributed by atoms with Crippen molar-refractivity contribution >= 4 is 17.7 Å². The first kappa shape index (κ1) is 15.3. The van der Waals surface area contributed by atoms with E-state index >= 15 is 0 Å². The second-order valence-electron chi connectivity index (χ2n) is 5.36. The van der Waals surface area contributed by atoms with Gasteiger partial charge in [0.15, 0.2) is 0 Å². The molecule has 1 N–H and O–H groups in total. The number of rotatable bonds is 6. The molecular weight excluding hydrogens is 274 g/mol. The van der Waals surface area contributed by atoms with Crippen molar-refractivity contribution < 1.29 is 4.79 Å². The predicted molar refractivity (Wildman–Crippen MR) is 78.6 cm³/mol. The lowest BCUT2D eigenvalue weighted by Gasteiger charge is -2.22. The molecule has 1 heterocycles. The van der Waals surface area contributed by atoms with Crippen LogP contribution in [-0.2, 0) is 4.79 Å². The van der Waals surface area contributed by atoms with Gasteiger partial charge < -0.3 is 5.32 Å². The van der Waals surface area contributed by atoms with E-state index in [9.17, 15) is 4.79 Å². The van der Waals surface area contributed by atoms with E-state index in [0.29, 0.717) is 11.8 Å². The molecule has 1 aliphatic rings. The summed E-state index contributed by atoms with van der Waals surface area (Å²) in [5, 5.41) is 15.6. The first-order valence-corrected chi connectivity index (χ1v) is 8.39. The SMILES string of the molecule is CCC(C)NC(=O)CSc1nnnn1C1CCCCC1. The third-order valence-electron chi connectivity index (χ3n) is 3.74. The van der Waals surface area contributed by atoms with Gasteiger partial charge in [-0.15, -0.1) is 5.10 Å². The Morgan fingerprint density at radius 1 is 1.45 bits per heavy atom. The fraction of sp³-hybridized carbons (Fsp3) is 0.846. The van der Waals surface area contributed by atoms with Gasteiger partial charge in [-0.1, -0.05) is 37.9 Å². The van der Waals surface area contributed by atoms with Crippen LogP contribution in [0.2, 0.25) is 0 Å². The Kier molecular flexibility index (Phi) is 5.82. The molecule has 0 saturated heterocycles. The van der Waals surface area contributed by atoms with Crippen molar-refractivity contribution in [1.29, 1.82) is 0 Å². The van der Waals surface area contributed by atoms with E-state index in [2.05, 4.69) is 27.8 Å². The summed E-state index contributed by atoms with van der Waals surface area (Å²) in [7, 11) is 0. The van der Waals surface area contributed by atoms with Gasteiger partial charge in [0.05, 0.1) is 11.8 Å². The summed E-state index contributed by atoms with van der Waals surface area (Å²) in [6.45, 7) is 4.07. The van der Waals surface area contributed by atoms with Gasteiger partial charge in [-0.25, -0.2) is 4.68 Å². The molecule has 20 heavy (non-hydrogen) atoms. The number of nitrogens with zero attached hydrogens (tertiary/aromatic N) is 4. The lowest BCUT2D eigenvalue weighted by Crippen LogP contribution is -2.33. The van der Waals surface area contributed by atoms with Crippen LogP contribution in [0.5, 0.6) is 0 Å². The zero-order valence-electron chi connectivity index (χ0n) is 12.2. The molecule has 1 aromatic heterocycles. The number of thioether (sulfide) groups is 1. The first-order valence-electron chi connectivity index (χ1n) is 7.40. The number of hydrogen-bond acceptors (Lipinski definition) is 5. The summed E-state index contributed by atoms with van der Waals surface area (Å²) in [4.78, 5) is 11.8. The topological polar surface area (TPSA) is 72.7 Å². The van der Waals surface area contributed by atoms with Gasteiger partial charge in [0.25, 0.3) is 0 Å². The summed E-state index contributed by atoms with van der Waals surface area (Å²) >= 11 is 1.42. The van der Waals surface area contributed by atoms with Gasteiger partial charge in [-0.3, -0.25) is 4.79 Å². The molecule has 0 spiro atoms. The third kappa shape index (κ3) is 4.19. The number of amides is 1. The second kappa shape index (κ2) is 7.61. The van der Waals surface area contributed by atoms with Crippen molar-refractivity contribution in [3.05, 3.63) is 0 Å². The molecule has 1 atom stereocenters. The normalized spacial score (nSPS) is 17.9. The van der Waals surface area contributed by atoms with E-state index < -0.39 is 0 Å². The smallest absolute Gasteiger partial charge is 0.230 e. The lowest BCUT2D eigenvalue weighted by molar-refractivity contribution is -0.119.